The number of pyridine rings is 1. The monoisotopic (exact) mass is 317 g/mol. The molecule has 3 aliphatic rings. The van der Waals surface area contributed by atoms with Crippen LogP contribution in [0.4, 0.5) is 0 Å². The molecule has 22 heavy (non-hydrogen) atoms. The lowest BCUT2D eigenvalue weighted by molar-refractivity contribution is -0.606. The Morgan fingerprint density at radius 1 is 1.18 bits per heavy atom. The second-order valence-corrected chi connectivity index (χ2v) is 6.64. The Morgan fingerprint density at radius 3 is 2.41 bits per heavy atom. The van der Waals surface area contributed by atoms with Crippen molar-refractivity contribution in [3.63, 3.8) is 0 Å². The maximum atomic E-state index is 11.7. The molecule has 118 valence electrons. The lowest BCUT2D eigenvalue weighted by Gasteiger charge is -2.29. The molecule has 0 unspecified atom stereocenters. The zero-order chi connectivity index (χ0) is 15.5. The van der Waals surface area contributed by atoms with E-state index in [4.69, 9.17) is 12.6 Å². The summed E-state index contributed by atoms with van der Waals surface area (Å²) in [6.45, 7) is 3.78. The van der Waals surface area contributed by atoms with E-state index in [1.807, 2.05) is 6.07 Å². The number of fused-ring (bicyclic) bond motifs is 4. The first-order chi connectivity index (χ1) is 10.6. The first-order valence-electron chi connectivity index (χ1n) is 7.86. The van der Waals surface area contributed by atoms with E-state index in [0.717, 1.165) is 29.7 Å². The van der Waals surface area contributed by atoms with Crippen molar-refractivity contribution in [2.45, 2.75) is 32.6 Å². The van der Waals surface area contributed by atoms with Crippen molar-refractivity contribution >= 4 is 23.5 Å². The highest BCUT2D eigenvalue weighted by Gasteiger charge is 2.28. The minimum Gasteiger partial charge on any atom is -0.741 e. The van der Waals surface area contributed by atoms with Crippen molar-refractivity contribution in [2.75, 3.05) is 13.1 Å². The quantitative estimate of drug-likeness (QED) is 0.209. The predicted octanol–water partition coefficient (Wildman–Crippen LogP) is 2.07. The van der Waals surface area contributed by atoms with Gasteiger partial charge >= 0.3 is 0 Å². The van der Waals surface area contributed by atoms with Crippen molar-refractivity contribution in [3.8, 4) is 0 Å². The zero-order valence-electron chi connectivity index (χ0n) is 12.8. The molecule has 0 N–H and O–H groups in total. The van der Waals surface area contributed by atoms with Gasteiger partial charge in [-0.2, -0.15) is 9.83 Å². The number of hydrogen-bond donors (Lipinski definition) is 0. The Balaban J connectivity index is 1.74. The van der Waals surface area contributed by atoms with Gasteiger partial charge in [0.1, 0.15) is 5.71 Å². The summed E-state index contributed by atoms with van der Waals surface area (Å²) in [4.78, 5) is 2.19. The van der Waals surface area contributed by atoms with Gasteiger partial charge in [0.2, 0.25) is 5.69 Å². The van der Waals surface area contributed by atoms with Gasteiger partial charge in [-0.1, -0.05) is 0 Å². The lowest BCUT2D eigenvalue weighted by Crippen LogP contribution is -2.34. The first kappa shape index (κ1) is 15.2. The van der Waals surface area contributed by atoms with Crippen LogP contribution in [-0.4, -0.2) is 28.9 Å². The van der Waals surface area contributed by atoms with Crippen molar-refractivity contribution in [1.29, 1.82) is 0 Å². The number of aromatic nitrogens is 1. The molecule has 3 fully saturated rings. The molecule has 5 nitrogen and oxygen atoms in total. The van der Waals surface area contributed by atoms with E-state index < -0.39 is 0 Å². The molecule has 0 aromatic carbocycles. The van der Waals surface area contributed by atoms with Crippen LogP contribution in [0.3, 0.4) is 0 Å². The molecule has 1 aromatic rings. The molecular formula is C16H21N4OS-. The molecule has 1 saturated carbocycles. The van der Waals surface area contributed by atoms with Crippen molar-refractivity contribution in [1.82, 2.24) is 4.90 Å². The SMILES string of the molecule is C/C(=N\N=C(/[S-])N1CC2CCC(CC2)C1)c1cccc[n+]1[O-]. The number of rotatable bonds is 2. The van der Waals surface area contributed by atoms with E-state index >= 15 is 0 Å². The Kier molecular flexibility index (Phi) is 4.57. The summed E-state index contributed by atoms with van der Waals surface area (Å²) in [5.41, 5.74) is 1.08. The van der Waals surface area contributed by atoms with E-state index in [1.165, 1.54) is 31.9 Å². The number of nitrogens with zero attached hydrogens (tertiary/aromatic N) is 4. The molecule has 6 heteroatoms. The molecule has 2 aliphatic heterocycles. The van der Waals surface area contributed by atoms with Gasteiger partial charge in [-0.15, -0.1) is 5.10 Å². The summed E-state index contributed by atoms with van der Waals surface area (Å²) >= 11 is 5.44. The van der Waals surface area contributed by atoms with Gasteiger partial charge in [-0.05, 0) is 50.5 Å². The van der Waals surface area contributed by atoms with Crippen LogP contribution in [0.2, 0.25) is 0 Å². The molecular weight excluding hydrogens is 296 g/mol. The van der Waals surface area contributed by atoms with E-state index in [1.54, 1.807) is 19.1 Å². The van der Waals surface area contributed by atoms with Crippen LogP contribution in [0.1, 0.15) is 38.3 Å². The molecule has 0 spiro atoms. The van der Waals surface area contributed by atoms with Gasteiger partial charge < -0.3 is 22.7 Å². The van der Waals surface area contributed by atoms with Crippen LogP contribution in [0.25, 0.3) is 0 Å². The molecule has 0 atom stereocenters. The van der Waals surface area contributed by atoms with Crippen LogP contribution < -0.4 is 4.73 Å². The second-order valence-electron chi connectivity index (χ2n) is 6.27. The Hall–Kier alpha value is -1.69. The molecule has 2 saturated heterocycles. The van der Waals surface area contributed by atoms with Gasteiger partial charge in [0.15, 0.2) is 6.20 Å². The van der Waals surface area contributed by atoms with Crippen LogP contribution in [0, 0.1) is 17.0 Å². The molecule has 1 aliphatic carbocycles. The third-order valence-corrected chi connectivity index (χ3v) is 5.01. The highest BCUT2D eigenvalue weighted by molar-refractivity contribution is 7.77. The van der Waals surface area contributed by atoms with Crippen molar-refractivity contribution in [3.05, 3.63) is 35.3 Å². The van der Waals surface area contributed by atoms with Crippen LogP contribution in [0.15, 0.2) is 34.6 Å². The third kappa shape index (κ3) is 3.38. The van der Waals surface area contributed by atoms with Crippen molar-refractivity contribution in [2.24, 2.45) is 22.0 Å². The van der Waals surface area contributed by atoms with Crippen LogP contribution >= 0.6 is 0 Å². The Morgan fingerprint density at radius 2 is 1.82 bits per heavy atom. The zero-order valence-corrected chi connectivity index (χ0v) is 13.6. The number of amidine groups is 1. The number of hydrogen-bond acceptors (Lipinski definition) is 4. The standard InChI is InChI=1S/C16H22N4OS/c1-12(15-4-2-3-9-20(15)21)17-18-16(22)19-10-13-5-6-14(11-19)8-7-13/h2-4,9,13-14H,5-8,10-11H2,1H3,(H,18,22)/p-1/b17-12+. The molecule has 3 heterocycles. The third-order valence-electron chi connectivity index (χ3n) is 4.67. The maximum Gasteiger partial charge on any atom is 0.239 e. The van der Waals surface area contributed by atoms with Crippen molar-refractivity contribution < 1.29 is 4.73 Å². The topological polar surface area (TPSA) is 54.9 Å². The fraction of sp³-hybridized carbons (Fsp3) is 0.562. The molecule has 0 amide bonds. The maximum absolute atomic E-state index is 11.7. The van der Waals surface area contributed by atoms with Gasteiger partial charge in [0, 0.05) is 30.4 Å². The smallest absolute Gasteiger partial charge is 0.239 e. The van der Waals surface area contributed by atoms with Gasteiger partial charge in [-0.3, -0.25) is 0 Å². The fourth-order valence-corrected chi connectivity index (χ4v) is 3.58. The molecule has 0 radical (unpaired) electrons. The Labute approximate surface area is 136 Å². The normalized spacial score (nSPS) is 26.1. The van der Waals surface area contributed by atoms with Gasteiger partial charge in [0.25, 0.3) is 0 Å². The minimum atomic E-state index is 0.505. The van der Waals surface area contributed by atoms with E-state index in [0.29, 0.717) is 16.6 Å². The summed E-state index contributed by atoms with van der Waals surface area (Å²) in [5.74, 6) is 1.49. The Bertz CT molecular complexity index is 580. The summed E-state index contributed by atoms with van der Waals surface area (Å²) in [6, 6.07) is 5.24. The molecule has 2 bridgehead atoms. The molecule has 4 rings (SSSR count). The average molecular weight is 317 g/mol. The second kappa shape index (κ2) is 6.60. The van der Waals surface area contributed by atoms with E-state index in [9.17, 15) is 5.21 Å². The minimum absolute atomic E-state index is 0.505. The predicted molar refractivity (Wildman–Crippen MR) is 89.4 cm³/mol. The largest absolute Gasteiger partial charge is 0.741 e. The molecule has 1 aromatic heterocycles. The highest BCUT2D eigenvalue weighted by atomic mass is 32.1. The van der Waals surface area contributed by atoms with E-state index in [-0.39, 0.29) is 0 Å². The highest BCUT2D eigenvalue weighted by Crippen LogP contribution is 2.33. The lowest BCUT2D eigenvalue weighted by atomic mass is 9.84. The van der Waals surface area contributed by atoms with Crippen LogP contribution in [0.5, 0.6) is 0 Å². The summed E-state index contributed by atoms with van der Waals surface area (Å²) in [5, 5.41) is 20.6. The van der Waals surface area contributed by atoms with E-state index in [2.05, 4.69) is 15.1 Å². The fourth-order valence-electron chi connectivity index (χ4n) is 3.39. The van der Waals surface area contributed by atoms with Gasteiger partial charge in [0.05, 0.1) is 0 Å². The average Bonchev–Trinajstić information content (AvgIpc) is 2.86. The first-order valence-corrected chi connectivity index (χ1v) is 8.27. The summed E-state index contributed by atoms with van der Waals surface area (Å²) in [7, 11) is 0. The summed E-state index contributed by atoms with van der Waals surface area (Å²) in [6.07, 6.45) is 6.70. The van der Waals surface area contributed by atoms with Crippen LogP contribution in [-0.2, 0) is 12.6 Å². The summed E-state index contributed by atoms with van der Waals surface area (Å²) < 4.78 is 0.795. The van der Waals surface area contributed by atoms with Gasteiger partial charge in [-0.25, -0.2) is 0 Å².